The molecule has 0 fully saturated rings. The molecule has 1 aliphatic heterocycles. The van der Waals surface area contributed by atoms with E-state index in [1.165, 1.54) is 16.8 Å². The van der Waals surface area contributed by atoms with Crippen molar-refractivity contribution in [2.24, 2.45) is 11.7 Å². The highest BCUT2D eigenvalue weighted by Crippen LogP contribution is 2.28. The Bertz CT molecular complexity index is 734. The smallest absolute Gasteiger partial charge is 0.224 e. The Hall–Kier alpha value is -1.75. The molecule has 3 N–H and O–H groups in total. The highest BCUT2D eigenvalue weighted by atomic mass is 35.5. The summed E-state index contributed by atoms with van der Waals surface area (Å²) < 4.78 is 0. The molecule has 3 rings (SSSR count). The SMILES string of the molecule is CC(N)C(C)C(=O)NCc1ccc(CN2CCc3ccccc32)cc1.Cl.Cl. The van der Waals surface area contributed by atoms with E-state index in [0.29, 0.717) is 6.54 Å². The first-order valence-corrected chi connectivity index (χ1v) is 8.98. The van der Waals surface area contributed by atoms with Gasteiger partial charge in [0.05, 0.1) is 0 Å². The zero-order valence-corrected chi connectivity index (χ0v) is 17.5. The predicted octanol–water partition coefficient (Wildman–Crippen LogP) is 3.69. The maximum atomic E-state index is 12.0. The van der Waals surface area contributed by atoms with Gasteiger partial charge in [-0.25, -0.2) is 0 Å². The number of carbonyl (C=O) groups excluding carboxylic acids is 1. The van der Waals surface area contributed by atoms with Crippen LogP contribution in [0.1, 0.15) is 30.5 Å². The number of anilines is 1. The topological polar surface area (TPSA) is 58.4 Å². The molecule has 0 saturated carbocycles. The second kappa shape index (κ2) is 10.5. The monoisotopic (exact) mass is 409 g/mol. The molecular weight excluding hydrogens is 381 g/mol. The number of halogens is 2. The minimum Gasteiger partial charge on any atom is -0.367 e. The third-order valence-electron chi connectivity index (χ3n) is 5.05. The lowest BCUT2D eigenvalue weighted by Gasteiger charge is -2.19. The molecule has 0 saturated heterocycles. The van der Waals surface area contributed by atoms with Crippen molar-refractivity contribution in [3.05, 3.63) is 65.2 Å². The molecule has 1 heterocycles. The van der Waals surface area contributed by atoms with E-state index < -0.39 is 0 Å². The van der Waals surface area contributed by atoms with Crippen LogP contribution < -0.4 is 16.0 Å². The van der Waals surface area contributed by atoms with Gasteiger partial charge in [0.15, 0.2) is 0 Å². The maximum absolute atomic E-state index is 12.0. The lowest BCUT2D eigenvalue weighted by Crippen LogP contribution is -2.38. The normalized spacial score (nSPS) is 14.4. The quantitative estimate of drug-likeness (QED) is 0.764. The van der Waals surface area contributed by atoms with Gasteiger partial charge in [0, 0.05) is 37.3 Å². The molecule has 1 amide bonds. The van der Waals surface area contributed by atoms with Gasteiger partial charge in [-0.3, -0.25) is 4.79 Å². The van der Waals surface area contributed by atoms with Crippen molar-refractivity contribution in [3.63, 3.8) is 0 Å². The zero-order chi connectivity index (χ0) is 17.8. The van der Waals surface area contributed by atoms with E-state index in [2.05, 4.69) is 58.7 Å². The molecule has 0 aliphatic carbocycles. The van der Waals surface area contributed by atoms with Crippen LogP contribution in [0.5, 0.6) is 0 Å². The summed E-state index contributed by atoms with van der Waals surface area (Å²) in [5.41, 5.74) is 11.0. The van der Waals surface area contributed by atoms with E-state index in [0.717, 1.165) is 25.1 Å². The standard InChI is InChI=1S/C21H27N3O.2ClH/c1-15(16(2)22)21(25)23-13-17-7-9-18(10-8-17)14-24-12-11-19-5-3-4-6-20(19)24;;/h3-10,15-16H,11-14,22H2,1-2H3,(H,23,25);2*1H. The van der Waals surface area contributed by atoms with Crippen LogP contribution in [-0.4, -0.2) is 18.5 Å². The number of nitrogens with one attached hydrogen (secondary N) is 1. The number of carbonyl (C=O) groups is 1. The molecule has 0 spiro atoms. The van der Waals surface area contributed by atoms with E-state index in [1.54, 1.807) is 0 Å². The van der Waals surface area contributed by atoms with E-state index in [4.69, 9.17) is 5.73 Å². The molecule has 2 unspecified atom stereocenters. The van der Waals surface area contributed by atoms with Gasteiger partial charge >= 0.3 is 0 Å². The van der Waals surface area contributed by atoms with Gasteiger partial charge in [0.2, 0.25) is 5.91 Å². The van der Waals surface area contributed by atoms with E-state index >= 15 is 0 Å². The van der Waals surface area contributed by atoms with E-state index in [1.807, 2.05) is 13.8 Å². The Balaban J connectivity index is 0.00000182. The molecule has 2 aromatic carbocycles. The Labute approximate surface area is 174 Å². The van der Waals surface area contributed by atoms with Crippen LogP contribution in [0.4, 0.5) is 5.69 Å². The largest absolute Gasteiger partial charge is 0.367 e. The molecule has 6 heteroatoms. The summed E-state index contributed by atoms with van der Waals surface area (Å²) in [6.45, 7) is 6.26. The highest BCUT2D eigenvalue weighted by molar-refractivity contribution is 5.85. The molecule has 2 aromatic rings. The van der Waals surface area contributed by atoms with Crippen LogP contribution in [0, 0.1) is 5.92 Å². The van der Waals surface area contributed by atoms with Crippen LogP contribution in [0.2, 0.25) is 0 Å². The molecular formula is C21H29Cl2N3O. The lowest BCUT2D eigenvalue weighted by atomic mass is 10.0. The molecule has 0 radical (unpaired) electrons. The number of hydrogen-bond donors (Lipinski definition) is 2. The summed E-state index contributed by atoms with van der Waals surface area (Å²) >= 11 is 0. The first-order chi connectivity index (χ1) is 12.0. The van der Waals surface area contributed by atoms with Gasteiger partial charge in [0.25, 0.3) is 0 Å². The fourth-order valence-corrected chi connectivity index (χ4v) is 3.14. The number of nitrogens with two attached hydrogens (primary N) is 1. The van der Waals surface area contributed by atoms with Crippen molar-refractivity contribution in [3.8, 4) is 0 Å². The molecule has 2 atom stereocenters. The van der Waals surface area contributed by atoms with Crippen molar-refractivity contribution >= 4 is 36.4 Å². The Morgan fingerprint density at radius 3 is 2.37 bits per heavy atom. The van der Waals surface area contributed by atoms with Gasteiger partial charge in [-0.2, -0.15) is 0 Å². The number of nitrogens with zero attached hydrogens (tertiary/aromatic N) is 1. The third kappa shape index (κ3) is 5.86. The van der Waals surface area contributed by atoms with Crippen molar-refractivity contribution in [2.75, 3.05) is 11.4 Å². The van der Waals surface area contributed by atoms with Gasteiger partial charge < -0.3 is 16.0 Å². The average molecular weight is 410 g/mol. The van der Waals surface area contributed by atoms with E-state index in [-0.39, 0.29) is 42.7 Å². The van der Waals surface area contributed by atoms with Crippen molar-refractivity contribution in [1.29, 1.82) is 0 Å². The van der Waals surface area contributed by atoms with Gasteiger partial charge in [-0.15, -0.1) is 24.8 Å². The van der Waals surface area contributed by atoms with E-state index in [9.17, 15) is 4.79 Å². The Morgan fingerprint density at radius 2 is 1.70 bits per heavy atom. The Kier molecular flexibility index (Phi) is 9.10. The van der Waals surface area contributed by atoms with Crippen LogP contribution in [0.25, 0.3) is 0 Å². The minimum atomic E-state index is -0.172. The number of rotatable bonds is 6. The number of hydrogen-bond acceptors (Lipinski definition) is 3. The second-order valence-electron chi connectivity index (χ2n) is 6.98. The highest BCUT2D eigenvalue weighted by Gasteiger charge is 2.18. The summed E-state index contributed by atoms with van der Waals surface area (Å²) in [4.78, 5) is 14.4. The molecule has 148 valence electrons. The first kappa shape index (κ1) is 23.3. The Morgan fingerprint density at radius 1 is 1.07 bits per heavy atom. The molecule has 1 aliphatic rings. The van der Waals surface area contributed by atoms with Gasteiger partial charge in [0.1, 0.15) is 0 Å². The fraction of sp³-hybridized carbons (Fsp3) is 0.381. The fourth-order valence-electron chi connectivity index (χ4n) is 3.14. The van der Waals surface area contributed by atoms with Gasteiger partial charge in [-0.05, 0) is 36.1 Å². The molecule has 0 aromatic heterocycles. The number of amides is 1. The summed E-state index contributed by atoms with van der Waals surface area (Å²) in [6.07, 6.45) is 1.12. The van der Waals surface area contributed by atoms with Crippen LogP contribution in [-0.2, 0) is 24.3 Å². The molecule has 27 heavy (non-hydrogen) atoms. The molecule has 4 nitrogen and oxygen atoms in total. The number of benzene rings is 2. The second-order valence-corrected chi connectivity index (χ2v) is 6.98. The van der Waals surface area contributed by atoms with Crippen LogP contribution >= 0.6 is 24.8 Å². The average Bonchev–Trinajstić information content (AvgIpc) is 3.03. The lowest BCUT2D eigenvalue weighted by molar-refractivity contribution is -0.125. The van der Waals surface area contributed by atoms with Crippen LogP contribution in [0.15, 0.2) is 48.5 Å². The van der Waals surface area contributed by atoms with Crippen molar-refractivity contribution < 1.29 is 4.79 Å². The number of fused-ring (bicyclic) bond motifs is 1. The maximum Gasteiger partial charge on any atom is 0.224 e. The van der Waals surface area contributed by atoms with Crippen molar-refractivity contribution in [2.45, 2.75) is 39.4 Å². The predicted molar refractivity (Wildman–Crippen MR) is 117 cm³/mol. The summed E-state index contributed by atoms with van der Waals surface area (Å²) in [6, 6.07) is 17.0. The van der Waals surface area contributed by atoms with Crippen molar-refractivity contribution in [1.82, 2.24) is 5.32 Å². The first-order valence-electron chi connectivity index (χ1n) is 8.98. The van der Waals surface area contributed by atoms with Crippen LogP contribution in [0.3, 0.4) is 0 Å². The summed E-state index contributed by atoms with van der Waals surface area (Å²) in [5, 5.41) is 2.96. The third-order valence-corrected chi connectivity index (χ3v) is 5.05. The number of para-hydroxylation sites is 1. The molecule has 0 bridgehead atoms. The summed E-state index contributed by atoms with van der Waals surface area (Å²) in [5.74, 6) is -0.165. The van der Waals surface area contributed by atoms with Gasteiger partial charge in [-0.1, -0.05) is 49.4 Å². The summed E-state index contributed by atoms with van der Waals surface area (Å²) in [7, 11) is 0. The zero-order valence-electron chi connectivity index (χ0n) is 15.9. The minimum absolute atomic E-state index is 0.